The van der Waals surface area contributed by atoms with Gasteiger partial charge in [-0.1, -0.05) is 24.3 Å². The van der Waals surface area contributed by atoms with Crippen molar-refractivity contribution in [2.45, 2.75) is 12.5 Å². The molecule has 3 aliphatic rings. The maximum absolute atomic E-state index is 9.64. The topological polar surface area (TPSA) is 20.2 Å². The predicted octanol–water partition coefficient (Wildman–Crippen LogP) is 1.36. The van der Waals surface area contributed by atoms with E-state index in [1.165, 1.54) is 0 Å². The number of allylic oxidation sites excluding steroid dienone is 3. The normalized spacial score (nSPS) is 57.4. The summed E-state index contributed by atoms with van der Waals surface area (Å²) in [5.41, 5.74) is 0. The molecule has 0 bridgehead atoms. The third-order valence-corrected chi connectivity index (χ3v) is 3.48. The van der Waals surface area contributed by atoms with Crippen LogP contribution in [0.15, 0.2) is 24.3 Å². The van der Waals surface area contributed by atoms with E-state index in [1.807, 2.05) is 0 Å². The molecular formula is C10H12O. The second-order valence-electron chi connectivity index (χ2n) is 3.97. The third-order valence-electron chi connectivity index (χ3n) is 3.48. The van der Waals surface area contributed by atoms with Gasteiger partial charge in [0.2, 0.25) is 0 Å². The quantitative estimate of drug-likeness (QED) is 0.514. The first-order valence-electron chi connectivity index (χ1n) is 4.41. The van der Waals surface area contributed by atoms with Crippen molar-refractivity contribution < 1.29 is 5.11 Å². The van der Waals surface area contributed by atoms with E-state index in [4.69, 9.17) is 0 Å². The van der Waals surface area contributed by atoms with Gasteiger partial charge in [-0.25, -0.2) is 0 Å². The summed E-state index contributed by atoms with van der Waals surface area (Å²) in [7, 11) is 0. The molecule has 0 radical (unpaired) electrons. The molecule has 1 nitrogen and oxygen atoms in total. The zero-order chi connectivity index (χ0) is 7.42. The molecule has 1 saturated carbocycles. The van der Waals surface area contributed by atoms with Crippen molar-refractivity contribution in [2.75, 3.05) is 0 Å². The molecule has 1 heteroatoms. The first-order valence-corrected chi connectivity index (χ1v) is 4.41. The molecule has 0 unspecified atom stereocenters. The lowest BCUT2D eigenvalue weighted by atomic mass is 9.90. The number of aliphatic hydroxyl groups excluding tert-OH is 1. The molecular weight excluding hydrogens is 136 g/mol. The van der Waals surface area contributed by atoms with Gasteiger partial charge in [0.1, 0.15) is 0 Å². The van der Waals surface area contributed by atoms with Crippen LogP contribution in [-0.4, -0.2) is 11.2 Å². The van der Waals surface area contributed by atoms with Gasteiger partial charge >= 0.3 is 0 Å². The Kier molecular flexibility index (Phi) is 0.972. The zero-order valence-corrected chi connectivity index (χ0v) is 6.35. The van der Waals surface area contributed by atoms with Crippen LogP contribution in [0.4, 0.5) is 0 Å². The van der Waals surface area contributed by atoms with Gasteiger partial charge in [0, 0.05) is 5.92 Å². The van der Waals surface area contributed by atoms with Crippen molar-refractivity contribution in [3.05, 3.63) is 24.3 Å². The largest absolute Gasteiger partial charge is 0.392 e. The molecule has 3 rings (SSSR count). The summed E-state index contributed by atoms with van der Waals surface area (Å²) in [6.07, 6.45) is 10.0. The Labute approximate surface area is 66.4 Å². The minimum absolute atomic E-state index is 0.0591. The molecule has 0 heterocycles. The van der Waals surface area contributed by atoms with Gasteiger partial charge in [-0.3, -0.25) is 0 Å². The second kappa shape index (κ2) is 1.78. The fraction of sp³-hybridized carbons (Fsp3) is 0.600. The minimum atomic E-state index is -0.0591. The molecule has 5 atom stereocenters. The predicted molar refractivity (Wildman–Crippen MR) is 42.9 cm³/mol. The van der Waals surface area contributed by atoms with Crippen molar-refractivity contribution >= 4 is 0 Å². The molecule has 0 saturated heterocycles. The Balaban J connectivity index is 2.04. The highest BCUT2D eigenvalue weighted by atomic mass is 16.3. The highest BCUT2D eigenvalue weighted by Gasteiger charge is 2.47. The van der Waals surface area contributed by atoms with Crippen LogP contribution in [0.1, 0.15) is 6.42 Å². The van der Waals surface area contributed by atoms with Crippen LogP contribution in [0.2, 0.25) is 0 Å². The maximum atomic E-state index is 9.64. The summed E-state index contributed by atoms with van der Waals surface area (Å²) in [4.78, 5) is 0. The van der Waals surface area contributed by atoms with Crippen molar-refractivity contribution in [3.63, 3.8) is 0 Å². The number of hydrogen-bond acceptors (Lipinski definition) is 1. The fourth-order valence-electron chi connectivity index (χ4n) is 2.99. The molecule has 0 aromatic heterocycles. The number of rotatable bonds is 0. The summed E-state index contributed by atoms with van der Waals surface area (Å²) in [6.45, 7) is 0. The first kappa shape index (κ1) is 6.01. The van der Waals surface area contributed by atoms with Crippen LogP contribution in [-0.2, 0) is 0 Å². The number of hydrogen-bond donors (Lipinski definition) is 1. The van der Waals surface area contributed by atoms with E-state index >= 15 is 0 Å². The molecule has 1 N–H and O–H groups in total. The van der Waals surface area contributed by atoms with Crippen molar-refractivity contribution in [1.29, 1.82) is 0 Å². The van der Waals surface area contributed by atoms with E-state index in [2.05, 4.69) is 24.3 Å². The monoisotopic (exact) mass is 148 g/mol. The lowest BCUT2D eigenvalue weighted by Crippen LogP contribution is -2.15. The van der Waals surface area contributed by atoms with Crippen molar-refractivity contribution in [1.82, 2.24) is 0 Å². The van der Waals surface area contributed by atoms with E-state index in [9.17, 15) is 5.11 Å². The Morgan fingerprint density at radius 2 is 1.91 bits per heavy atom. The molecule has 0 aromatic carbocycles. The van der Waals surface area contributed by atoms with Crippen LogP contribution in [0, 0.1) is 23.7 Å². The summed E-state index contributed by atoms with van der Waals surface area (Å²) >= 11 is 0. The summed E-state index contributed by atoms with van der Waals surface area (Å²) in [5, 5.41) is 9.64. The van der Waals surface area contributed by atoms with Crippen LogP contribution in [0.3, 0.4) is 0 Å². The van der Waals surface area contributed by atoms with Crippen LogP contribution < -0.4 is 0 Å². The third kappa shape index (κ3) is 0.603. The Morgan fingerprint density at radius 3 is 2.82 bits per heavy atom. The second-order valence-corrected chi connectivity index (χ2v) is 3.97. The molecule has 0 aliphatic heterocycles. The van der Waals surface area contributed by atoms with Gasteiger partial charge < -0.3 is 5.11 Å². The molecule has 0 aromatic rings. The van der Waals surface area contributed by atoms with Gasteiger partial charge in [-0.2, -0.15) is 0 Å². The lowest BCUT2D eigenvalue weighted by molar-refractivity contribution is 0.142. The number of aliphatic hydroxyl groups is 1. The molecule has 11 heavy (non-hydrogen) atoms. The van der Waals surface area contributed by atoms with Crippen LogP contribution in [0.25, 0.3) is 0 Å². The lowest BCUT2D eigenvalue weighted by Gasteiger charge is -2.14. The molecule has 58 valence electrons. The minimum Gasteiger partial charge on any atom is -0.392 e. The average Bonchev–Trinajstić information content (AvgIpc) is 2.53. The smallest absolute Gasteiger partial charge is 0.0611 e. The highest BCUT2D eigenvalue weighted by Crippen LogP contribution is 2.51. The van der Waals surface area contributed by atoms with Crippen molar-refractivity contribution in [2.24, 2.45) is 23.7 Å². The van der Waals surface area contributed by atoms with Gasteiger partial charge in [-0.15, -0.1) is 0 Å². The summed E-state index contributed by atoms with van der Waals surface area (Å²) in [5.74, 6) is 2.53. The van der Waals surface area contributed by atoms with E-state index in [0.29, 0.717) is 17.8 Å². The fourth-order valence-corrected chi connectivity index (χ4v) is 2.99. The van der Waals surface area contributed by atoms with Gasteiger partial charge in [-0.05, 0) is 24.2 Å². The SMILES string of the molecule is O[C@@H]1C[C@@H]2C=C[C@@H]3C=C[C@H]1[C@@H]32. The highest BCUT2D eigenvalue weighted by molar-refractivity contribution is 5.26. The van der Waals surface area contributed by atoms with Crippen molar-refractivity contribution in [3.8, 4) is 0 Å². The van der Waals surface area contributed by atoms with E-state index in [-0.39, 0.29) is 6.10 Å². The zero-order valence-electron chi connectivity index (χ0n) is 6.35. The van der Waals surface area contributed by atoms with Crippen LogP contribution in [0.5, 0.6) is 0 Å². The van der Waals surface area contributed by atoms with E-state index in [0.717, 1.165) is 12.3 Å². The molecule has 1 fully saturated rings. The summed E-state index contributed by atoms with van der Waals surface area (Å²) < 4.78 is 0. The molecule has 3 aliphatic carbocycles. The molecule has 0 spiro atoms. The van der Waals surface area contributed by atoms with Gasteiger partial charge in [0.05, 0.1) is 6.10 Å². The first-order chi connectivity index (χ1) is 5.36. The maximum Gasteiger partial charge on any atom is 0.0611 e. The summed E-state index contributed by atoms with van der Waals surface area (Å²) in [6, 6.07) is 0. The van der Waals surface area contributed by atoms with Gasteiger partial charge in [0.15, 0.2) is 0 Å². The standard InChI is InChI=1S/C10H12O/c11-9-5-7-2-1-6-3-4-8(9)10(6)7/h1-4,6-11H,5H2/t6-,7+,8-,9-,10+/m1/s1. The Bertz CT molecular complexity index is 241. The van der Waals surface area contributed by atoms with E-state index < -0.39 is 0 Å². The van der Waals surface area contributed by atoms with Crippen LogP contribution >= 0.6 is 0 Å². The average molecular weight is 148 g/mol. The Hall–Kier alpha value is -0.560. The van der Waals surface area contributed by atoms with Gasteiger partial charge in [0.25, 0.3) is 0 Å². The van der Waals surface area contributed by atoms with E-state index in [1.54, 1.807) is 0 Å². The Morgan fingerprint density at radius 1 is 1.09 bits per heavy atom. The molecule has 0 amide bonds.